The fourth-order valence-electron chi connectivity index (χ4n) is 3.53. The molecule has 4 rings (SSSR count). The van der Waals surface area contributed by atoms with Crippen LogP contribution in [0.4, 0.5) is 5.82 Å². The number of ether oxygens (including phenoxy) is 2. The van der Waals surface area contributed by atoms with Crippen molar-refractivity contribution in [2.24, 2.45) is 0 Å². The highest BCUT2D eigenvalue weighted by Crippen LogP contribution is 2.29. The Hall–Kier alpha value is -2.64. The first kappa shape index (κ1) is 18.7. The molecule has 3 heterocycles. The van der Waals surface area contributed by atoms with Crippen LogP contribution in [0.5, 0.6) is 5.75 Å². The van der Waals surface area contributed by atoms with Crippen molar-refractivity contribution < 1.29 is 9.47 Å². The van der Waals surface area contributed by atoms with Crippen LogP contribution >= 0.6 is 0 Å². The van der Waals surface area contributed by atoms with Crippen LogP contribution in [0.15, 0.2) is 36.7 Å². The van der Waals surface area contributed by atoms with E-state index in [2.05, 4.69) is 40.4 Å². The quantitative estimate of drug-likeness (QED) is 0.753. The highest BCUT2D eigenvalue weighted by atomic mass is 16.5. The van der Waals surface area contributed by atoms with Crippen molar-refractivity contribution in [3.63, 3.8) is 0 Å². The van der Waals surface area contributed by atoms with Crippen molar-refractivity contribution in [2.45, 2.75) is 13.3 Å². The molecule has 28 heavy (non-hydrogen) atoms. The topological polar surface area (TPSA) is 63.9 Å². The highest BCUT2D eigenvalue weighted by Gasteiger charge is 2.12. The molecule has 7 heteroatoms. The van der Waals surface area contributed by atoms with Crippen LogP contribution in [0.25, 0.3) is 16.8 Å². The Balaban J connectivity index is 1.67. The van der Waals surface area contributed by atoms with E-state index < -0.39 is 0 Å². The van der Waals surface area contributed by atoms with Gasteiger partial charge in [-0.25, -0.2) is 9.50 Å². The number of anilines is 1. The second-order valence-corrected chi connectivity index (χ2v) is 7.14. The summed E-state index contributed by atoms with van der Waals surface area (Å²) in [6, 6.07) is 8.27. The third kappa shape index (κ3) is 4.26. The maximum absolute atomic E-state index is 6.10. The average Bonchev–Trinajstić information content (AvgIpc) is 3.11. The molecule has 0 fully saturated rings. The van der Waals surface area contributed by atoms with Gasteiger partial charge in [-0.3, -0.25) is 4.90 Å². The van der Waals surface area contributed by atoms with E-state index in [0.717, 1.165) is 73.1 Å². The largest absolute Gasteiger partial charge is 0.492 e. The van der Waals surface area contributed by atoms with Crippen molar-refractivity contribution in [3.8, 4) is 16.9 Å². The van der Waals surface area contributed by atoms with Gasteiger partial charge >= 0.3 is 0 Å². The van der Waals surface area contributed by atoms with E-state index in [1.807, 2.05) is 23.0 Å². The van der Waals surface area contributed by atoms with E-state index in [1.54, 1.807) is 7.11 Å². The van der Waals surface area contributed by atoms with Gasteiger partial charge in [0.25, 0.3) is 0 Å². The smallest absolute Gasteiger partial charge is 0.165 e. The van der Waals surface area contributed by atoms with E-state index in [4.69, 9.17) is 14.5 Å². The molecule has 0 amide bonds. The molecule has 148 valence electrons. The molecule has 4 bridgehead atoms. The summed E-state index contributed by atoms with van der Waals surface area (Å²) in [5.41, 5.74) is 4.08. The summed E-state index contributed by atoms with van der Waals surface area (Å²) in [4.78, 5) is 7.18. The number of fused-ring (bicyclic) bond motifs is 4. The first-order valence-electron chi connectivity index (χ1n) is 9.77. The molecule has 1 N–H and O–H groups in total. The highest BCUT2D eigenvalue weighted by molar-refractivity contribution is 5.78. The zero-order valence-corrected chi connectivity index (χ0v) is 16.5. The Bertz CT molecular complexity index is 940. The first-order chi connectivity index (χ1) is 13.7. The lowest BCUT2D eigenvalue weighted by atomic mass is 10.1. The molecule has 0 radical (unpaired) electrons. The summed E-state index contributed by atoms with van der Waals surface area (Å²) in [5.74, 6) is 1.75. The normalized spacial score (nSPS) is 15.6. The molecule has 1 aliphatic heterocycles. The molecule has 0 spiro atoms. The second-order valence-electron chi connectivity index (χ2n) is 7.14. The molecule has 0 atom stereocenters. The molecule has 0 aliphatic carbocycles. The summed E-state index contributed by atoms with van der Waals surface area (Å²) in [7, 11) is 1.74. The maximum Gasteiger partial charge on any atom is 0.165 e. The number of hydrogen-bond acceptors (Lipinski definition) is 6. The van der Waals surface area contributed by atoms with Gasteiger partial charge in [-0.2, -0.15) is 5.10 Å². The molecule has 0 saturated carbocycles. The molecule has 1 aliphatic rings. The first-order valence-corrected chi connectivity index (χ1v) is 9.77. The molecule has 0 unspecified atom stereocenters. The Morgan fingerprint density at radius 2 is 2.18 bits per heavy atom. The molecule has 3 aromatic rings. The molecular weight excluding hydrogens is 354 g/mol. The lowest BCUT2D eigenvalue weighted by Crippen LogP contribution is -2.33. The van der Waals surface area contributed by atoms with Crippen LogP contribution in [0, 0.1) is 6.92 Å². The van der Waals surface area contributed by atoms with Gasteiger partial charge in [-0.1, -0.05) is 6.07 Å². The van der Waals surface area contributed by atoms with E-state index in [-0.39, 0.29) is 0 Å². The summed E-state index contributed by atoms with van der Waals surface area (Å²) >= 11 is 0. The van der Waals surface area contributed by atoms with Crippen molar-refractivity contribution in [3.05, 3.63) is 42.2 Å². The van der Waals surface area contributed by atoms with Crippen LogP contribution in [0.2, 0.25) is 0 Å². The number of nitrogens with one attached hydrogen (secondary N) is 1. The van der Waals surface area contributed by atoms with E-state index >= 15 is 0 Å². The van der Waals surface area contributed by atoms with Gasteiger partial charge < -0.3 is 14.8 Å². The van der Waals surface area contributed by atoms with Gasteiger partial charge in [-0.15, -0.1) is 0 Å². The number of methoxy groups -OCH3 is 1. The average molecular weight is 381 g/mol. The van der Waals surface area contributed by atoms with E-state index in [0.29, 0.717) is 6.61 Å². The standard InChI is InChI=1S/C21H27N5O2/c1-16-12-17-14-18(13-16)28-11-9-25(8-10-27-2)6-3-5-22-20-4-7-26-21(24-20)19(17)15-23-26/h4,7,12-15H,3,5-6,8-11H2,1-2H3,(H,22,24). The van der Waals surface area contributed by atoms with Crippen LogP contribution in [0.1, 0.15) is 12.0 Å². The Morgan fingerprint density at radius 3 is 3.07 bits per heavy atom. The van der Waals surface area contributed by atoms with Gasteiger partial charge in [0.15, 0.2) is 5.65 Å². The lowest BCUT2D eigenvalue weighted by molar-refractivity contribution is 0.134. The Kier molecular flexibility index (Phi) is 5.73. The van der Waals surface area contributed by atoms with Crippen LogP contribution in [0.3, 0.4) is 0 Å². The predicted octanol–water partition coefficient (Wildman–Crippen LogP) is 2.85. The van der Waals surface area contributed by atoms with E-state index in [1.165, 1.54) is 0 Å². The van der Waals surface area contributed by atoms with Gasteiger partial charge in [-0.05, 0) is 42.7 Å². The number of aryl methyl sites for hydroxylation is 1. The SMILES string of the molecule is COCCN1CCCNc2ccn3ncc(c3n2)-c2cc(C)cc(c2)OCC1. The lowest BCUT2D eigenvalue weighted by Gasteiger charge is -2.22. The third-order valence-corrected chi connectivity index (χ3v) is 4.98. The van der Waals surface area contributed by atoms with Gasteiger partial charge in [0.05, 0.1) is 12.8 Å². The minimum Gasteiger partial charge on any atom is -0.492 e. The zero-order chi connectivity index (χ0) is 19.3. The number of aromatic nitrogens is 3. The summed E-state index contributed by atoms with van der Waals surface area (Å²) < 4.78 is 13.2. The number of rotatable bonds is 3. The van der Waals surface area contributed by atoms with Crippen LogP contribution < -0.4 is 10.1 Å². The van der Waals surface area contributed by atoms with Gasteiger partial charge in [0.2, 0.25) is 0 Å². The molecule has 2 aromatic heterocycles. The number of hydrogen-bond donors (Lipinski definition) is 1. The minimum absolute atomic E-state index is 0.648. The Morgan fingerprint density at radius 1 is 1.25 bits per heavy atom. The van der Waals surface area contributed by atoms with Crippen molar-refractivity contribution in [1.82, 2.24) is 19.5 Å². The summed E-state index contributed by atoms with van der Waals surface area (Å²) in [6.45, 7) is 7.08. The summed E-state index contributed by atoms with van der Waals surface area (Å²) in [6.07, 6.45) is 4.84. The van der Waals surface area contributed by atoms with Crippen molar-refractivity contribution >= 4 is 11.5 Å². The van der Waals surface area contributed by atoms with Crippen LogP contribution in [-0.4, -0.2) is 66.0 Å². The maximum atomic E-state index is 6.10. The number of benzene rings is 1. The minimum atomic E-state index is 0.648. The molecule has 1 aromatic carbocycles. The monoisotopic (exact) mass is 381 g/mol. The molecule has 7 nitrogen and oxygen atoms in total. The molecule has 0 saturated heterocycles. The zero-order valence-electron chi connectivity index (χ0n) is 16.5. The fraction of sp³-hybridized carbons (Fsp3) is 0.429. The van der Waals surface area contributed by atoms with E-state index in [9.17, 15) is 0 Å². The Labute approximate surface area is 165 Å². The van der Waals surface area contributed by atoms with Crippen molar-refractivity contribution in [1.29, 1.82) is 0 Å². The third-order valence-electron chi connectivity index (χ3n) is 4.98. The summed E-state index contributed by atoms with van der Waals surface area (Å²) in [5, 5.41) is 7.90. The number of nitrogens with zero attached hydrogens (tertiary/aromatic N) is 4. The van der Waals surface area contributed by atoms with Crippen molar-refractivity contribution in [2.75, 3.05) is 51.8 Å². The van der Waals surface area contributed by atoms with Gasteiger partial charge in [0, 0.05) is 45.0 Å². The fourth-order valence-corrected chi connectivity index (χ4v) is 3.53. The van der Waals surface area contributed by atoms with Crippen LogP contribution in [-0.2, 0) is 4.74 Å². The van der Waals surface area contributed by atoms with Gasteiger partial charge in [0.1, 0.15) is 18.2 Å². The second kappa shape index (κ2) is 8.58. The molecular formula is C21H27N5O2. The predicted molar refractivity (Wildman–Crippen MR) is 110 cm³/mol.